The minimum Gasteiger partial charge on any atom is -0.436 e. The predicted octanol–water partition coefficient (Wildman–Crippen LogP) is 2.76. The van der Waals surface area contributed by atoms with Gasteiger partial charge in [0.1, 0.15) is 6.33 Å². The van der Waals surface area contributed by atoms with Crippen molar-refractivity contribution in [1.82, 2.24) is 9.97 Å². The lowest BCUT2D eigenvalue weighted by molar-refractivity contribution is 0.459. The predicted molar refractivity (Wildman–Crippen MR) is 70.4 cm³/mol. The Balaban J connectivity index is 2.31. The number of anilines is 1. The number of rotatable bonds is 2. The average molecular weight is 327 g/mol. The molecule has 0 unspecified atom stereocenters. The second-order valence-corrected chi connectivity index (χ2v) is 4.48. The van der Waals surface area contributed by atoms with Crippen LogP contribution in [0.2, 0.25) is 0 Å². The first-order chi connectivity index (χ1) is 7.66. The molecule has 0 aliphatic carbocycles. The molecule has 0 spiro atoms. The highest BCUT2D eigenvalue weighted by Gasteiger charge is 2.06. The Morgan fingerprint density at radius 3 is 2.88 bits per heavy atom. The number of nitrogens with two attached hydrogens (primary N) is 1. The maximum Gasteiger partial charge on any atom is 0.235 e. The van der Waals surface area contributed by atoms with Crippen LogP contribution >= 0.6 is 22.6 Å². The van der Waals surface area contributed by atoms with Crippen LogP contribution in [-0.4, -0.2) is 9.97 Å². The topological polar surface area (TPSA) is 61.0 Å². The number of nitrogens with zero attached hydrogens (tertiary/aromatic N) is 2. The van der Waals surface area contributed by atoms with Crippen molar-refractivity contribution < 1.29 is 4.74 Å². The lowest BCUT2D eigenvalue weighted by Crippen LogP contribution is -1.96. The van der Waals surface area contributed by atoms with Gasteiger partial charge in [-0.2, -0.15) is 0 Å². The van der Waals surface area contributed by atoms with E-state index in [1.165, 1.54) is 6.33 Å². The monoisotopic (exact) mass is 327 g/mol. The van der Waals surface area contributed by atoms with Gasteiger partial charge in [-0.25, -0.2) is 9.97 Å². The van der Waals surface area contributed by atoms with Gasteiger partial charge in [0.2, 0.25) is 5.88 Å². The van der Waals surface area contributed by atoms with Gasteiger partial charge in [0.15, 0.2) is 5.75 Å². The third kappa shape index (κ3) is 2.41. The number of nitrogen functional groups attached to an aromatic ring is 1. The lowest BCUT2D eigenvalue weighted by atomic mass is 10.2. The quantitative estimate of drug-likeness (QED) is 0.681. The molecular formula is C11H10IN3O. The first kappa shape index (κ1) is 11.1. The highest BCUT2D eigenvalue weighted by molar-refractivity contribution is 14.1. The Morgan fingerprint density at radius 2 is 2.19 bits per heavy atom. The highest BCUT2D eigenvalue weighted by atomic mass is 127. The number of benzene rings is 1. The molecule has 0 bridgehead atoms. The molecule has 2 N–H and O–H groups in total. The van der Waals surface area contributed by atoms with Crippen LogP contribution in [0.4, 0.5) is 5.69 Å². The van der Waals surface area contributed by atoms with Gasteiger partial charge >= 0.3 is 0 Å². The molecule has 4 nitrogen and oxygen atoms in total. The van der Waals surface area contributed by atoms with Crippen LogP contribution in [-0.2, 0) is 0 Å². The molecule has 16 heavy (non-hydrogen) atoms. The summed E-state index contributed by atoms with van der Waals surface area (Å²) in [5, 5.41) is 0. The number of hydrogen-bond acceptors (Lipinski definition) is 4. The van der Waals surface area contributed by atoms with Crippen molar-refractivity contribution >= 4 is 28.3 Å². The summed E-state index contributed by atoms with van der Waals surface area (Å²) in [6.07, 6.45) is 3.13. The summed E-state index contributed by atoms with van der Waals surface area (Å²) in [5.41, 5.74) is 7.55. The van der Waals surface area contributed by atoms with Gasteiger partial charge in [-0.15, -0.1) is 0 Å². The number of halogens is 1. The molecule has 2 rings (SSSR count). The average Bonchev–Trinajstić information content (AvgIpc) is 2.25. The number of hydrogen-bond donors (Lipinski definition) is 1. The maximum atomic E-state index is 5.85. The largest absolute Gasteiger partial charge is 0.436 e. The van der Waals surface area contributed by atoms with Crippen LogP contribution in [0.3, 0.4) is 0 Å². The van der Waals surface area contributed by atoms with Crippen LogP contribution in [0, 0.1) is 10.5 Å². The van der Waals surface area contributed by atoms with E-state index in [1.54, 1.807) is 6.20 Å². The van der Waals surface area contributed by atoms with Crippen LogP contribution < -0.4 is 10.5 Å². The molecule has 0 atom stereocenters. The Hall–Kier alpha value is -1.37. The van der Waals surface area contributed by atoms with E-state index >= 15 is 0 Å². The normalized spacial score (nSPS) is 10.1. The summed E-state index contributed by atoms with van der Waals surface area (Å²) >= 11 is 2.11. The molecule has 0 amide bonds. The SMILES string of the molecule is Cc1ccc(Oc2ncncc2I)c(N)c1. The summed E-state index contributed by atoms with van der Waals surface area (Å²) in [6, 6.07) is 5.64. The van der Waals surface area contributed by atoms with Gasteiger partial charge in [-0.05, 0) is 47.2 Å². The minimum absolute atomic E-state index is 0.520. The van der Waals surface area contributed by atoms with Gasteiger partial charge in [-0.1, -0.05) is 6.07 Å². The first-order valence-electron chi connectivity index (χ1n) is 4.66. The first-order valence-corrected chi connectivity index (χ1v) is 5.74. The summed E-state index contributed by atoms with van der Waals surface area (Å²) in [7, 11) is 0. The molecule has 82 valence electrons. The van der Waals surface area contributed by atoms with Crippen molar-refractivity contribution in [3.8, 4) is 11.6 Å². The molecule has 0 aliphatic rings. The third-order valence-corrected chi connectivity index (χ3v) is 2.75. The van der Waals surface area contributed by atoms with Gasteiger partial charge in [-0.3, -0.25) is 0 Å². The molecule has 1 aromatic heterocycles. The summed E-state index contributed by atoms with van der Waals surface area (Å²) in [4.78, 5) is 7.93. The van der Waals surface area contributed by atoms with Crippen molar-refractivity contribution in [3.05, 3.63) is 39.9 Å². The Bertz CT molecular complexity index is 516. The van der Waals surface area contributed by atoms with Crippen LogP contribution in [0.15, 0.2) is 30.7 Å². The fourth-order valence-corrected chi connectivity index (χ4v) is 1.65. The standard InChI is InChI=1S/C11H10IN3O/c1-7-2-3-10(9(13)4-7)16-11-8(12)5-14-6-15-11/h2-6H,13H2,1H3. The summed E-state index contributed by atoms with van der Waals surface area (Å²) in [6.45, 7) is 1.98. The Kier molecular flexibility index (Phi) is 3.23. The second-order valence-electron chi connectivity index (χ2n) is 3.32. The molecule has 0 aliphatic heterocycles. The summed E-state index contributed by atoms with van der Waals surface area (Å²) < 4.78 is 6.46. The Labute approximate surface area is 107 Å². The van der Waals surface area contributed by atoms with Crippen LogP contribution in [0.1, 0.15) is 5.56 Å². The van der Waals surface area contributed by atoms with E-state index in [2.05, 4.69) is 32.6 Å². The fraction of sp³-hybridized carbons (Fsp3) is 0.0909. The zero-order chi connectivity index (χ0) is 11.5. The minimum atomic E-state index is 0.520. The van der Waals surface area contributed by atoms with Crippen LogP contribution in [0.5, 0.6) is 11.6 Å². The van der Waals surface area contributed by atoms with Crippen molar-refractivity contribution in [2.24, 2.45) is 0 Å². The van der Waals surface area contributed by atoms with Crippen molar-refractivity contribution in [1.29, 1.82) is 0 Å². The second kappa shape index (κ2) is 4.65. The molecule has 1 heterocycles. The molecule has 0 radical (unpaired) electrons. The Morgan fingerprint density at radius 1 is 1.38 bits per heavy atom. The van der Waals surface area contributed by atoms with Crippen molar-refractivity contribution in [2.45, 2.75) is 6.92 Å². The van der Waals surface area contributed by atoms with Gasteiger partial charge in [0.05, 0.1) is 9.26 Å². The maximum absolute atomic E-state index is 5.85. The zero-order valence-electron chi connectivity index (χ0n) is 8.64. The molecular weight excluding hydrogens is 317 g/mol. The fourth-order valence-electron chi connectivity index (χ4n) is 1.24. The van der Waals surface area contributed by atoms with Crippen molar-refractivity contribution in [3.63, 3.8) is 0 Å². The van der Waals surface area contributed by atoms with E-state index in [9.17, 15) is 0 Å². The van der Waals surface area contributed by atoms with E-state index in [4.69, 9.17) is 10.5 Å². The van der Waals surface area contributed by atoms with Crippen LogP contribution in [0.25, 0.3) is 0 Å². The van der Waals surface area contributed by atoms with Crippen molar-refractivity contribution in [2.75, 3.05) is 5.73 Å². The molecule has 2 aromatic rings. The number of aryl methyl sites for hydroxylation is 1. The third-order valence-electron chi connectivity index (χ3n) is 2.01. The molecule has 5 heteroatoms. The lowest BCUT2D eigenvalue weighted by Gasteiger charge is -2.08. The van der Waals surface area contributed by atoms with E-state index < -0.39 is 0 Å². The zero-order valence-corrected chi connectivity index (χ0v) is 10.8. The summed E-state index contributed by atoms with van der Waals surface area (Å²) in [5.74, 6) is 1.13. The van der Waals surface area contributed by atoms with E-state index in [-0.39, 0.29) is 0 Å². The van der Waals surface area contributed by atoms with Gasteiger partial charge < -0.3 is 10.5 Å². The smallest absolute Gasteiger partial charge is 0.235 e. The highest BCUT2D eigenvalue weighted by Crippen LogP contribution is 2.28. The van der Waals surface area contributed by atoms with Gasteiger partial charge in [0.25, 0.3) is 0 Å². The molecule has 0 fully saturated rings. The molecule has 0 saturated heterocycles. The van der Waals surface area contributed by atoms with Gasteiger partial charge in [0, 0.05) is 6.20 Å². The molecule has 0 saturated carbocycles. The van der Waals surface area contributed by atoms with E-state index in [0.29, 0.717) is 17.3 Å². The van der Waals surface area contributed by atoms with E-state index in [0.717, 1.165) is 9.13 Å². The molecule has 1 aromatic carbocycles. The number of ether oxygens (including phenoxy) is 1. The van der Waals surface area contributed by atoms with E-state index in [1.807, 2.05) is 25.1 Å². The number of aromatic nitrogens is 2.